The van der Waals surface area contributed by atoms with E-state index in [0.29, 0.717) is 15.8 Å². The Labute approximate surface area is 121 Å². The van der Waals surface area contributed by atoms with Gasteiger partial charge in [0.1, 0.15) is 11.6 Å². The molecule has 0 spiro atoms. The van der Waals surface area contributed by atoms with Gasteiger partial charge in [-0.1, -0.05) is 26.0 Å². The molecule has 2 N–H and O–H groups in total. The minimum Gasteiger partial charge on any atom is -0.467 e. The molecule has 0 saturated carbocycles. The van der Waals surface area contributed by atoms with E-state index >= 15 is 0 Å². The molecule has 21 heavy (non-hydrogen) atoms. The average molecular weight is 291 g/mol. The number of esters is 1. The number of hydrogen-bond donors (Lipinski definition) is 2. The van der Waals surface area contributed by atoms with Crippen LogP contribution in [-0.4, -0.2) is 39.9 Å². The summed E-state index contributed by atoms with van der Waals surface area (Å²) in [7, 11) is 1.26. The molecule has 112 valence electrons. The van der Waals surface area contributed by atoms with Gasteiger partial charge >= 0.3 is 5.97 Å². The molecule has 1 aromatic carbocycles. The number of nitrogens with one attached hydrogen (secondary N) is 1. The van der Waals surface area contributed by atoms with E-state index in [1.165, 1.54) is 7.11 Å². The van der Waals surface area contributed by atoms with Gasteiger partial charge in [0.15, 0.2) is 0 Å². The molecule has 1 aromatic heterocycles. The van der Waals surface area contributed by atoms with Gasteiger partial charge in [-0.3, -0.25) is 4.79 Å². The summed E-state index contributed by atoms with van der Waals surface area (Å²) in [5.74, 6) is -1.51. The first-order chi connectivity index (χ1) is 9.95. The van der Waals surface area contributed by atoms with E-state index in [1.807, 2.05) is 0 Å². The summed E-state index contributed by atoms with van der Waals surface area (Å²) >= 11 is 0. The van der Waals surface area contributed by atoms with Crippen LogP contribution in [0.25, 0.3) is 11.0 Å². The van der Waals surface area contributed by atoms with Gasteiger partial charge in [0.05, 0.1) is 12.6 Å². The number of carbonyl (C=O) groups is 2. The number of aromatic nitrogens is 2. The largest absolute Gasteiger partial charge is 0.467 e. The van der Waals surface area contributed by atoms with Crippen LogP contribution in [0.1, 0.15) is 24.5 Å². The van der Waals surface area contributed by atoms with Gasteiger partial charge in [0.2, 0.25) is 5.82 Å². The van der Waals surface area contributed by atoms with Crippen LogP contribution in [0.4, 0.5) is 0 Å². The molecule has 7 nitrogen and oxygen atoms in total. The fourth-order valence-electron chi connectivity index (χ4n) is 1.99. The number of carbonyl (C=O) groups excluding carboxylic acids is 2. The van der Waals surface area contributed by atoms with Crippen molar-refractivity contribution in [3.63, 3.8) is 0 Å². The zero-order valence-electron chi connectivity index (χ0n) is 12.0. The molecule has 7 heteroatoms. The Kier molecular flexibility index (Phi) is 4.11. The van der Waals surface area contributed by atoms with Gasteiger partial charge in [0.25, 0.3) is 5.91 Å². The Morgan fingerprint density at radius 3 is 2.57 bits per heavy atom. The van der Waals surface area contributed by atoms with Crippen LogP contribution in [0.2, 0.25) is 0 Å². The van der Waals surface area contributed by atoms with Gasteiger partial charge < -0.3 is 15.3 Å². The third-order valence-electron chi connectivity index (χ3n) is 3.15. The lowest BCUT2D eigenvalue weighted by Gasteiger charge is -2.19. The molecule has 0 saturated heterocycles. The number of hydrogen-bond acceptors (Lipinski definition) is 5. The fraction of sp³-hybridized carbons (Fsp3) is 0.357. The Bertz CT molecular complexity index is 678. The lowest BCUT2D eigenvalue weighted by atomic mass is 10.0. The van der Waals surface area contributed by atoms with E-state index in [4.69, 9.17) is 0 Å². The third kappa shape index (κ3) is 2.81. The van der Waals surface area contributed by atoms with E-state index in [-0.39, 0.29) is 11.7 Å². The third-order valence-corrected chi connectivity index (χ3v) is 3.15. The van der Waals surface area contributed by atoms with Crippen LogP contribution in [0.3, 0.4) is 0 Å². The number of ether oxygens (including phenoxy) is 1. The molecule has 1 unspecified atom stereocenters. The van der Waals surface area contributed by atoms with E-state index < -0.39 is 17.9 Å². The van der Waals surface area contributed by atoms with E-state index in [1.54, 1.807) is 38.1 Å². The standard InChI is InChI=1S/C14H17N3O4/c1-8(2)11(14(19)21-3)16-13(18)12-15-9-6-4-5-7-10(9)17(12)20/h4-8,11,20H,1-3H3,(H,16,18). The number of fused-ring (bicyclic) bond motifs is 1. The van der Waals surface area contributed by atoms with Crippen molar-refractivity contribution in [1.82, 2.24) is 15.0 Å². The van der Waals surface area contributed by atoms with Crippen LogP contribution in [0.5, 0.6) is 0 Å². The molecule has 2 aromatic rings. The normalized spacial score (nSPS) is 12.4. The average Bonchev–Trinajstić information content (AvgIpc) is 2.81. The van der Waals surface area contributed by atoms with Crippen molar-refractivity contribution in [3.05, 3.63) is 30.1 Å². The van der Waals surface area contributed by atoms with Gasteiger partial charge in [-0.05, 0) is 18.1 Å². The Hall–Kier alpha value is -2.57. The second-order valence-corrected chi connectivity index (χ2v) is 4.95. The molecule has 0 bridgehead atoms. The van der Waals surface area contributed by atoms with Crippen molar-refractivity contribution < 1.29 is 19.5 Å². The highest BCUT2D eigenvalue weighted by Crippen LogP contribution is 2.14. The summed E-state index contributed by atoms with van der Waals surface area (Å²) in [6.45, 7) is 3.56. The van der Waals surface area contributed by atoms with Gasteiger partial charge in [0, 0.05) is 0 Å². The highest BCUT2D eigenvalue weighted by atomic mass is 16.5. The summed E-state index contributed by atoms with van der Waals surface area (Å²) in [5, 5.41) is 12.5. The minimum atomic E-state index is -0.803. The van der Waals surface area contributed by atoms with Crippen molar-refractivity contribution in [2.75, 3.05) is 7.11 Å². The van der Waals surface area contributed by atoms with E-state index in [0.717, 1.165) is 0 Å². The monoisotopic (exact) mass is 291 g/mol. The maximum atomic E-state index is 12.2. The topological polar surface area (TPSA) is 93.5 Å². The molecule has 0 aliphatic carbocycles. The number of para-hydroxylation sites is 2. The Morgan fingerprint density at radius 2 is 2.00 bits per heavy atom. The number of methoxy groups -OCH3 is 1. The highest BCUT2D eigenvalue weighted by molar-refractivity contribution is 5.96. The summed E-state index contributed by atoms with van der Waals surface area (Å²) in [4.78, 5) is 27.9. The maximum absolute atomic E-state index is 12.2. The van der Waals surface area contributed by atoms with Crippen molar-refractivity contribution in [2.45, 2.75) is 19.9 Å². The van der Waals surface area contributed by atoms with Crippen LogP contribution in [0, 0.1) is 5.92 Å². The first-order valence-corrected chi connectivity index (χ1v) is 6.51. The second kappa shape index (κ2) is 5.82. The van der Waals surface area contributed by atoms with Crippen molar-refractivity contribution in [3.8, 4) is 0 Å². The number of nitrogens with zero attached hydrogens (tertiary/aromatic N) is 2. The second-order valence-electron chi connectivity index (χ2n) is 4.95. The van der Waals surface area contributed by atoms with Crippen LogP contribution in [0.15, 0.2) is 24.3 Å². The number of benzene rings is 1. The Morgan fingerprint density at radius 1 is 1.33 bits per heavy atom. The predicted molar refractivity (Wildman–Crippen MR) is 75.0 cm³/mol. The molecule has 1 atom stereocenters. The van der Waals surface area contributed by atoms with Crippen molar-refractivity contribution >= 4 is 22.9 Å². The smallest absolute Gasteiger partial charge is 0.328 e. The maximum Gasteiger partial charge on any atom is 0.328 e. The molecule has 1 heterocycles. The molecule has 0 fully saturated rings. The van der Waals surface area contributed by atoms with Gasteiger partial charge in [-0.2, -0.15) is 4.73 Å². The molecule has 0 radical (unpaired) electrons. The molecule has 2 rings (SSSR count). The number of amides is 1. The SMILES string of the molecule is COC(=O)C(NC(=O)c1nc2ccccc2n1O)C(C)C. The zero-order chi connectivity index (χ0) is 15.6. The zero-order valence-corrected chi connectivity index (χ0v) is 12.0. The first kappa shape index (κ1) is 14.8. The van der Waals surface area contributed by atoms with Gasteiger partial charge in [-0.25, -0.2) is 9.78 Å². The molecule has 0 aliphatic heterocycles. The summed E-state index contributed by atoms with van der Waals surface area (Å²) in [5.41, 5.74) is 0.908. The summed E-state index contributed by atoms with van der Waals surface area (Å²) in [6.07, 6.45) is 0. The van der Waals surface area contributed by atoms with E-state index in [2.05, 4.69) is 15.0 Å². The fourth-order valence-corrected chi connectivity index (χ4v) is 1.99. The predicted octanol–water partition coefficient (Wildman–Crippen LogP) is 1.20. The minimum absolute atomic E-state index is 0.155. The Balaban J connectivity index is 2.29. The number of rotatable bonds is 4. The highest BCUT2D eigenvalue weighted by Gasteiger charge is 2.27. The quantitative estimate of drug-likeness (QED) is 0.652. The van der Waals surface area contributed by atoms with Crippen LogP contribution >= 0.6 is 0 Å². The van der Waals surface area contributed by atoms with Crippen LogP contribution in [-0.2, 0) is 9.53 Å². The lowest BCUT2D eigenvalue weighted by molar-refractivity contribution is -0.144. The summed E-state index contributed by atoms with van der Waals surface area (Å²) < 4.78 is 5.36. The van der Waals surface area contributed by atoms with E-state index in [9.17, 15) is 14.8 Å². The molecule has 1 amide bonds. The molecule has 0 aliphatic rings. The summed E-state index contributed by atoms with van der Waals surface area (Å²) in [6, 6.07) is 5.99. The van der Waals surface area contributed by atoms with Gasteiger partial charge in [-0.15, -0.1) is 0 Å². The van der Waals surface area contributed by atoms with Crippen molar-refractivity contribution in [1.29, 1.82) is 0 Å². The molecular formula is C14H17N3O4. The van der Waals surface area contributed by atoms with Crippen molar-refractivity contribution in [2.24, 2.45) is 5.92 Å². The molecular weight excluding hydrogens is 274 g/mol. The van der Waals surface area contributed by atoms with Crippen LogP contribution < -0.4 is 5.32 Å². The number of imidazole rings is 1. The first-order valence-electron chi connectivity index (χ1n) is 6.51. The lowest BCUT2D eigenvalue weighted by Crippen LogP contribution is -2.45.